The zero-order valence-corrected chi connectivity index (χ0v) is 12.4. The van der Waals surface area contributed by atoms with Gasteiger partial charge in [0, 0.05) is 5.56 Å². The fourth-order valence-electron chi connectivity index (χ4n) is 3.15. The number of rotatable bonds is 5. The fourth-order valence-corrected chi connectivity index (χ4v) is 3.15. The Morgan fingerprint density at radius 3 is 2.67 bits per heavy atom. The predicted molar refractivity (Wildman–Crippen MR) is 82.3 cm³/mol. The van der Waals surface area contributed by atoms with Crippen LogP contribution in [0.2, 0.25) is 0 Å². The summed E-state index contributed by atoms with van der Waals surface area (Å²) < 4.78 is 18.7. The fraction of sp³-hybridized carbons (Fsp3) is 0.444. The van der Waals surface area contributed by atoms with Crippen LogP contribution in [-0.2, 0) is 6.54 Å². The van der Waals surface area contributed by atoms with Gasteiger partial charge in [-0.1, -0.05) is 19.8 Å². The highest BCUT2D eigenvalue weighted by Gasteiger charge is 2.22. The van der Waals surface area contributed by atoms with Gasteiger partial charge >= 0.3 is 0 Å². The van der Waals surface area contributed by atoms with Crippen molar-refractivity contribution in [3.63, 3.8) is 0 Å². The molecule has 0 bridgehead atoms. The molecule has 2 unspecified atom stereocenters. The summed E-state index contributed by atoms with van der Waals surface area (Å²) in [5, 5.41) is 3.49. The normalized spacial score (nSPS) is 21.8. The Hall–Kier alpha value is -1.61. The van der Waals surface area contributed by atoms with E-state index >= 15 is 0 Å². The molecule has 21 heavy (non-hydrogen) atoms. The third-order valence-electron chi connectivity index (χ3n) is 4.54. The van der Waals surface area contributed by atoms with Crippen molar-refractivity contribution in [1.29, 1.82) is 0 Å². The van der Waals surface area contributed by atoms with E-state index in [1.54, 1.807) is 12.1 Å². The molecule has 1 saturated carbocycles. The van der Waals surface area contributed by atoms with Crippen molar-refractivity contribution < 1.29 is 8.81 Å². The zero-order valence-electron chi connectivity index (χ0n) is 12.4. The number of benzene rings is 1. The van der Waals surface area contributed by atoms with Crippen LogP contribution >= 0.6 is 0 Å². The van der Waals surface area contributed by atoms with Crippen molar-refractivity contribution in [3.8, 4) is 11.3 Å². The van der Waals surface area contributed by atoms with Crippen LogP contribution in [-0.4, -0.2) is 6.54 Å². The van der Waals surface area contributed by atoms with Gasteiger partial charge in [-0.3, -0.25) is 0 Å². The second-order valence-corrected chi connectivity index (χ2v) is 6.07. The minimum absolute atomic E-state index is 0.224. The Labute approximate surface area is 125 Å². The quantitative estimate of drug-likeness (QED) is 0.868. The van der Waals surface area contributed by atoms with E-state index in [1.165, 1.54) is 31.4 Å². The summed E-state index contributed by atoms with van der Waals surface area (Å²) in [7, 11) is 0. The summed E-state index contributed by atoms with van der Waals surface area (Å²) in [6.45, 7) is 4.16. The van der Waals surface area contributed by atoms with E-state index in [-0.39, 0.29) is 5.82 Å². The maximum Gasteiger partial charge on any atom is 0.134 e. The van der Waals surface area contributed by atoms with Crippen molar-refractivity contribution >= 4 is 0 Å². The van der Waals surface area contributed by atoms with E-state index in [0.29, 0.717) is 0 Å². The number of hydrogen-bond acceptors (Lipinski definition) is 2. The largest absolute Gasteiger partial charge is 0.460 e. The van der Waals surface area contributed by atoms with E-state index in [0.717, 1.165) is 42.0 Å². The monoisotopic (exact) mass is 287 g/mol. The van der Waals surface area contributed by atoms with Gasteiger partial charge in [0.2, 0.25) is 0 Å². The Bertz CT molecular complexity index is 575. The average Bonchev–Trinajstić information content (AvgIpc) is 3.10. The van der Waals surface area contributed by atoms with Crippen molar-refractivity contribution in [2.24, 2.45) is 11.8 Å². The molecule has 112 valence electrons. The highest BCUT2D eigenvalue weighted by Crippen LogP contribution is 2.30. The molecule has 0 aliphatic heterocycles. The first-order chi connectivity index (χ1) is 10.2. The van der Waals surface area contributed by atoms with Gasteiger partial charge in [0.1, 0.15) is 17.3 Å². The van der Waals surface area contributed by atoms with Gasteiger partial charge in [-0.25, -0.2) is 4.39 Å². The van der Waals surface area contributed by atoms with E-state index in [9.17, 15) is 4.39 Å². The molecule has 2 nitrogen and oxygen atoms in total. The molecule has 1 fully saturated rings. The lowest BCUT2D eigenvalue weighted by Crippen LogP contribution is -2.23. The number of furan rings is 1. The standard InChI is InChI=1S/C18H22FNO/c1-13-3-2-4-15(13)11-20-12-17-9-10-18(21-17)14-5-7-16(19)8-6-14/h5-10,13,15,20H,2-4,11-12H2,1H3. The van der Waals surface area contributed by atoms with E-state index in [1.807, 2.05) is 12.1 Å². The summed E-state index contributed by atoms with van der Waals surface area (Å²) in [5.74, 6) is 3.14. The molecular weight excluding hydrogens is 265 g/mol. The smallest absolute Gasteiger partial charge is 0.134 e. The SMILES string of the molecule is CC1CCCC1CNCc1ccc(-c2ccc(F)cc2)o1. The Morgan fingerprint density at radius 1 is 1.14 bits per heavy atom. The first-order valence-corrected chi connectivity index (χ1v) is 7.78. The lowest BCUT2D eigenvalue weighted by Gasteiger charge is -2.15. The van der Waals surface area contributed by atoms with Crippen LogP contribution in [0.15, 0.2) is 40.8 Å². The zero-order chi connectivity index (χ0) is 14.7. The molecule has 1 aliphatic carbocycles. The third-order valence-corrected chi connectivity index (χ3v) is 4.54. The Balaban J connectivity index is 1.54. The first-order valence-electron chi connectivity index (χ1n) is 7.78. The highest BCUT2D eigenvalue weighted by molar-refractivity contribution is 5.57. The summed E-state index contributed by atoms with van der Waals surface area (Å²) in [6.07, 6.45) is 4.07. The van der Waals surface area contributed by atoms with Crippen molar-refractivity contribution in [1.82, 2.24) is 5.32 Å². The molecule has 3 rings (SSSR count). The molecular formula is C18H22FNO. The van der Waals surface area contributed by atoms with E-state index in [2.05, 4.69) is 12.2 Å². The van der Waals surface area contributed by atoms with Crippen LogP contribution in [0, 0.1) is 17.7 Å². The second-order valence-electron chi connectivity index (χ2n) is 6.07. The molecule has 3 heteroatoms. The van der Waals surface area contributed by atoms with Crippen LogP contribution in [0.4, 0.5) is 4.39 Å². The second kappa shape index (κ2) is 6.44. The molecule has 1 heterocycles. The van der Waals surface area contributed by atoms with Crippen molar-refractivity contribution in [2.75, 3.05) is 6.54 Å². The third kappa shape index (κ3) is 3.53. The van der Waals surface area contributed by atoms with Crippen LogP contribution in [0.3, 0.4) is 0 Å². The number of halogens is 1. The highest BCUT2D eigenvalue weighted by atomic mass is 19.1. The van der Waals surface area contributed by atoms with Crippen molar-refractivity contribution in [2.45, 2.75) is 32.7 Å². The molecule has 1 aromatic heterocycles. The van der Waals surface area contributed by atoms with E-state index < -0.39 is 0 Å². The maximum absolute atomic E-state index is 12.9. The van der Waals surface area contributed by atoms with Gasteiger partial charge < -0.3 is 9.73 Å². The molecule has 0 amide bonds. The molecule has 0 spiro atoms. The van der Waals surface area contributed by atoms with Crippen LogP contribution in [0.25, 0.3) is 11.3 Å². The summed E-state index contributed by atoms with van der Waals surface area (Å²) >= 11 is 0. The van der Waals surface area contributed by atoms with Gasteiger partial charge in [0.25, 0.3) is 0 Å². The van der Waals surface area contributed by atoms with Gasteiger partial charge in [0.05, 0.1) is 6.54 Å². The molecule has 1 aliphatic rings. The summed E-state index contributed by atoms with van der Waals surface area (Å²) in [4.78, 5) is 0. The first kappa shape index (κ1) is 14.3. The Kier molecular flexibility index (Phi) is 4.39. The molecule has 2 atom stereocenters. The minimum Gasteiger partial charge on any atom is -0.460 e. The molecule has 1 aromatic carbocycles. The van der Waals surface area contributed by atoms with Gasteiger partial charge in [-0.15, -0.1) is 0 Å². The van der Waals surface area contributed by atoms with Gasteiger partial charge in [0.15, 0.2) is 0 Å². The predicted octanol–water partition coefficient (Wildman–Crippen LogP) is 4.61. The lowest BCUT2D eigenvalue weighted by atomic mass is 9.98. The van der Waals surface area contributed by atoms with Gasteiger partial charge in [-0.05, 0) is 61.2 Å². The average molecular weight is 287 g/mol. The topological polar surface area (TPSA) is 25.2 Å². The molecule has 0 radical (unpaired) electrons. The Morgan fingerprint density at radius 2 is 1.95 bits per heavy atom. The molecule has 1 N–H and O–H groups in total. The molecule has 2 aromatic rings. The van der Waals surface area contributed by atoms with E-state index in [4.69, 9.17) is 4.42 Å². The number of nitrogens with one attached hydrogen (secondary N) is 1. The maximum atomic E-state index is 12.9. The van der Waals surface area contributed by atoms with Crippen LogP contribution in [0.5, 0.6) is 0 Å². The minimum atomic E-state index is -0.224. The number of hydrogen-bond donors (Lipinski definition) is 1. The lowest BCUT2D eigenvalue weighted by molar-refractivity contribution is 0.381. The van der Waals surface area contributed by atoms with Crippen LogP contribution < -0.4 is 5.32 Å². The van der Waals surface area contributed by atoms with Gasteiger partial charge in [-0.2, -0.15) is 0 Å². The molecule has 0 saturated heterocycles. The summed E-state index contributed by atoms with van der Waals surface area (Å²) in [6, 6.07) is 10.3. The summed E-state index contributed by atoms with van der Waals surface area (Å²) in [5.41, 5.74) is 0.909. The van der Waals surface area contributed by atoms with Crippen molar-refractivity contribution in [3.05, 3.63) is 48.0 Å². The van der Waals surface area contributed by atoms with Crippen LogP contribution in [0.1, 0.15) is 31.9 Å².